The summed E-state index contributed by atoms with van der Waals surface area (Å²) >= 11 is 1.82. The molecule has 1 saturated carbocycles. The number of amides is 1. The Kier molecular flexibility index (Phi) is 6.46. The van der Waals surface area contributed by atoms with E-state index in [1.807, 2.05) is 36.0 Å². The minimum atomic E-state index is -0.323. The smallest absolute Gasteiger partial charge is 0.276 e. The largest absolute Gasteiger partial charge is 0.383 e. The zero-order chi connectivity index (χ0) is 18.4. The highest BCUT2D eigenvalue weighted by Crippen LogP contribution is 2.38. The fraction of sp³-hybridized carbons (Fsp3) is 0.421. The van der Waals surface area contributed by atoms with Crippen LogP contribution in [0.4, 0.5) is 5.69 Å². The maximum absolute atomic E-state index is 12.6. The van der Waals surface area contributed by atoms with Crippen molar-refractivity contribution >= 4 is 23.4 Å². The zero-order valence-electron chi connectivity index (χ0n) is 14.8. The highest BCUT2D eigenvalue weighted by Gasteiger charge is 2.18. The van der Waals surface area contributed by atoms with Gasteiger partial charge in [0, 0.05) is 23.3 Å². The van der Waals surface area contributed by atoms with Gasteiger partial charge >= 0.3 is 0 Å². The first-order chi connectivity index (χ1) is 12.7. The molecule has 1 aromatic carbocycles. The van der Waals surface area contributed by atoms with E-state index in [-0.39, 0.29) is 17.2 Å². The number of carbonyl (C=O) groups excluding carboxylic acids is 1. The number of aromatic nitrogens is 2. The minimum absolute atomic E-state index is 0.210. The summed E-state index contributed by atoms with van der Waals surface area (Å²) in [6.07, 6.45) is 5.00. The summed E-state index contributed by atoms with van der Waals surface area (Å²) in [5, 5.41) is 7.69. The lowest BCUT2D eigenvalue weighted by atomic mass is 10.3. The fourth-order valence-electron chi connectivity index (χ4n) is 2.95. The number of hydrogen-bond acceptors (Lipinski definition) is 5. The molecule has 0 saturated heterocycles. The van der Waals surface area contributed by atoms with Crippen LogP contribution in [0.2, 0.25) is 0 Å². The van der Waals surface area contributed by atoms with Crippen molar-refractivity contribution in [2.45, 2.75) is 42.4 Å². The molecular weight excluding hydrogens is 350 g/mol. The molecule has 6 nitrogen and oxygen atoms in total. The number of anilines is 1. The number of nitrogens with zero attached hydrogens (tertiary/aromatic N) is 2. The second-order valence-electron chi connectivity index (χ2n) is 6.25. The number of carbonyl (C=O) groups is 1. The number of benzene rings is 1. The highest BCUT2D eigenvalue weighted by molar-refractivity contribution is 8.00. The van der Waals surface area contributed by atoms with Crippen molar-refractivity contribution in [3.63, 3.8) is 0 Å². The van der Waals surface area contributed by atoms with Crippen LogP contribution < -0.4 is 10.9 Å². The van der Waals surface area contributed by atoms with Crippen molar-refractivity contribution in [2.24, 2.45) is 0 Å². The van der Waals surface area contributed by atoms with Crippen molar-refractivity contribution in [1.82, 2.24) is 9.78 Å². The molecule has 1 aliphatic carbocycles. The Morgan fingerprint density at radius 2 is 2.04 bits per heavy atom. The monoisotopic (exact) mass is 373 g/mol. The molecule has 1 heterocycles. The zero-order valence-corrected chi connectivity index (χ0v) is 15.6. The molecule has 0 unspecified atom stereocenters. The van der Waals surface area contributed by atoms with E-state index in [2.05, 4.69) is 10.4 Å². The SMILES string of the molecule is COCCn1nc(C(=O)Nc2ccccc2SC2CCCC2)ccc1=O. The molecule has 2 aromatic rings. The first kappa shape index (κ1) is 18.7. The second kappa shape index (κ2) is 9.00. The molecule has 26 heavy (non-hydrogen) atoms. The third kappa shape index (κ3) is 4.74. The predicted octanol–water partition coefficient (Wildman–Crippen LogP) is 3.18. The summed E-state index contributed by atoms with van der Waals surface area (Å²) in [7, 11) is 1.56. The van der Waals surface area contributed by atoms with Gasteiger partial charge in [0.2, 0.25) is 0 Å². The number of nitrogens with one attached hydrogen (secondary N) is 1. The first-order valence-electron chi connectivity index (χ1n) is 8.81. The Balaban J connectivity index is 1.74. The van der Waals surface area contributed by atoms with Crippen LogP contribution in [0.3, 0.4) is 0 Å². The van der Waals surface area contributed by atoms with Crippen molar-refractivity contribution in [2.75, 3.05) is 19.0 Å². The van der Waals surface area contributed by atoms with Gasteiger partial charge in [-0.15, -0.1) is 11.8 Å². The first-order valence-corrected chi connectivity index (χ1v) is 9.69. The number of para-hydroxylation sites is 1. The van der Waals surface area contributed by atoms with Crippen LogP contribution in [0.25, 0.3) is 0 Å². The number of thioether (sulfide) groups is 1. The fourth-order valence-corrected chi connectivity index (χ4v) is 4.28. The van der Waals surface area contributed by atoms with Crippen LogP contribution in [-0.2, 0) is 11.3 Å². The average molecular weight is 373 g/mol. The molecule has 0 aliphatic heterocycles. The van der Waals surface area contributed by atoms with Crippen molar-refractivity contribution in [3.8, 4) is 0 Å². The molecule has 0 bridgehead atoms. The van der Waals surface area contributed by atoms with E-state index in [1.165, 1.54) is 42.5 Å². The predicted molar refractivity (Wildman–Crippen MR) is 103 cm³/mol. The van der Waals surface area contributed by atoms with E-state index >= 15 is 0 Å². The Morgan fingerprint density at radius 3 is 2.81 bits per heavy atom. The van der Waals surface area contributed by atoms with Gasteiger partial charge in [-0.2, -0.15) is 5.10 Å². The normalized spacial score (nSPS) is 14.5. The van der Waals surface area contributed by atoms with Gasteiger partial charge in [0.05, 0.1) is 18.8 Å². The third-order valence-corrected chi connectivity index (χ3v) is 5.75. The van der Waals surface area contributed by atoms with Gasteiger partial charge in [-0.1, -0.05) is 25.0 Å². The summed E-state index contributed by atoms with van der Waals surface area (Å²) in [6, 6.07) is 10.6. The topological polar surface area (TPSA) is 73.2 Å². The molecule has 1 fully saturated rings. The molecule has 1 aromatic heterocycles. The molecule has 1 aliphatic rings. The summed E-state index contributed by atoms with van der Waals surface area (Å²) in [5.74, 6) is -0.323. The standard InChI is InChI=1S/C19H23N3O3S/c1-25-13-12-22-18(23)11-10-16(21-22)19(24)20-15-8-4-5-9-17(15)26-14-6-2-3-7-14/h4-5,8-11,14H,2-3,6-7,12-13H2,1H3,(H,20,24). The lowest BCUT2D eigenvalue weighted by Gasteiger charge is -2.14. The van der Waals surface area contributed by atoms with Gasteiger partial charge in [-0.3, -0.25) is 9.59 Å². The van der Waals surface area contributed by atoms with Crippen molar-refractivity contribution < 1.29 is 9.53 Å². The summed E-state index contributed by atoms with van der Waals surface area (Å²) in [6.45, 7) is 0.670. The molecule has 1 N–H and O–H groups in total. The van der Waals surface area contributed by atoms with E-state index in [9.17, 15) is 9.59 Å². The van der Waals surface area contributed by atoms with Crippen LogP contribution in [0.5, 0.6) is 0 Å². The highest BCUT2D eigenvalue weighted by atomic mass is 32.2. The van der Waals surface area contributed by atoms with Crippen LogP contribution >= 0.6 is 11.8 Å². The lowest BCUT2D eigenvalue weighted by molar-refractivity contribution is 0.101. The maximum atomic E-state index is 12.6. The second-order valence-corrected chi connectivity index (χ2v) is 7.59. The summed E-state index contributed by atoms with van der Waals surface area (Å²) < 4.78 is 6.22. The van der Waals surface area contributed by atoms with E-state index in [0.29, 0.717) is 18.4 Å². The van der Waals surface area contributed by atoms with Crippen LogP contribution in [0.15, 0.2) is 46.1 Å². The van der Waals surface area contributed by atoms with Crippen molar-refractivity contribution in [3.05, 3.63) is 52.4 Å². The van der Waals surface area contributed by atoms with Gasteiger partial charge in [-0.05, 0) is 31.0 Å². The maximum Gasteiger partial charge on any atom is 0.276 e. The number of rotatable bonds is 7. The lowest BCUT2D eigenvalue weighted by Crippen LogP contribution is -2.27. The Morgan fingerprint density at radius 1 is 1.27 bits per heavy atom. The molecule has 7 heteroatoms. The quantitative estimate of drug-likeness (QED) is 0.807. The molecule has 3 rings (SSSR count). The van der Waals surface area contributed by atoms with Crippen LogP contribution in [0, 0.1) is 0 Å². The molecule has 0 spiro atoms. The van der Waals surface area contributed by atoms with Crippen LogP contribution in [-0.4, -0.2) is 34.7 Å². The molecule has 0 atom stereocenters. The van der Waals surface area contributed by atoms with E-state index in [1.54, 1.807) is 7.11 Å². The molecule has 138 valence electrons. The average Bonchev–Trinajstić information content (AvgIpc) is 3.15. The van der Waals surface area contributed by atoms with Gasteiger partial charge < -0.3 is 10.1 Å². The van der Waals surface area contributed by atoms with Crippen molar-refractivity contribution in [1.29, 1.82) is 0 Å². The Labute approximate surface area is 156 Å². The van der Waals surface area contributed by atoms with Gasteiger partial charge in [0.25, 0.3) is 11.5 Å². The van der Waals surface area contributed by atoms with Gasteiger partial charge in [0.1, 0.15) is 5.69 Å². The third-order valence-electron chi connectivity index (χ3n) is 4.34. The number of hydrogen-bond donors (Lipinski definition) is 1. The summed E-state index contributed by atoms with van der Waals surface area (Å²) in [4.78, 5) is 25.5. The molecule has 0 radical (unpaired) electrons. The van der Waals surface area contributed by atoms with Gasteiger partial charge in [0.15, 0.2) is 0 Å². The Bertz CT molecular complexity index is 816. The van der Waals surface area contributed by atoms with Crippen LogP contribution in [0.1, 0.15) is 36.2 Å². The molecular formula is C19H23N3O3S. The summed E-state index contributed by atoms with van der Waals surface area (Å²) in [5.41, 5.74) is 0.739. The Hall–Kier alpha value is -2.12. The van der Waals surface area contributed by atoms with E-state index < -0.39 is 0 Å². The number of methoxy groups -OCH3 is 1. The number of ether oxygens (including phenoxy) is 1. The minimum Gasteiger partial charge on any atom is -0.383 e. The molecule has 1 amide bonds. The van der Waals surface area contributed by atoms with E-state index in [0.717, 1.165) is 10.6 Å². The van der Waals surface area contributed by atoms with Gasteiger partial charge in [-0.25, -0.2) is 4.68 Å². The van der Waals surface area contributed by atoms with E-state index in [4.69, 9.17) is 4.74 Å².